The first-order valence-electron chi connectivity index (χ1n) is 13.1. The highest BCUT2D eigenvalue weighted by molar-refractivity contribution is 7.85. The van der Waals surface area contributed by atoms with Gasteiger partial charge in [-0.2, -0.15) is 0 Å². The minimum atomic E-state index is -3.13. The summed E-state index contributed by atoms with van der Waals surface area (Å²) in [6, 6.07) is 44.3. The second-order valence-electron chi connectivity index (χ2n) is 9.81. The maximum Gasteiger partial charge on any atom is 0.197 e. The number of imidazole rings is 1. The van der Waals surface area contributed by atoms with Crippen molar-refractivity contribution in [1.82, 2.24) is 14.4 Å². The lowest BCUT2D eigenvalue weighted by Crippen LogP contribution is -2.25. The molecule has 3 aromatic heterocycles. The van der Waals surface area contributed by atoms with E-state index in [1.54, 1.807) is 11.3 Å². The average molecular weight is 552 g/mol. The molecule has 0 aliphatic carbocycles. The van der Waals surface area contributed by atoms with Crippen LogP contribution in [0.3, 0.4) is 0 Å². The van der Waals surface area contributed by atoms with Crippen molar-refractivity contribution in [1.29, 1.82) is 0 Å². The van der Waals surface area contributed by atoms with E-state index in [0.29, 0.717) is 0 Å². The van der Waals surface area contributed by atoms with Crippen molar-refractivity contribution in [3.8, 4) is 11.3 Å². The molecule has 40 heavy (non-hydrogen) atoms. The van der Waals surface area contributed by atoms with Gasteiger partial charge in [-0.1, -0.05) is 127 Å². The van der Waals surface area contributed by atoms with E-state index in [2.05, 4.69) is 52.9 Å². The Morgan fingerprint density at radius 3 is 1.98 bits per heavy atom. The molecule has 190 valence electrons. The molecule has 0 unspecified atom stereocenters. The topological polar surface area (TPSA) is 47.3 Å². The second-order valence-corrected chi connectivity index (χ2v) is 13.6. The summed E-state index contributed by atoms with van der Waals surface area (Å²) in [4.78, 5) is 11.2. The molecule has 0 aliphatic heterocycles. The van der Waals surface area contributed by atoms with Crippen LogP contribution in [-0.4, -0.2) is 14.4 Å². The van der Waals surface area contributed by atoms with Gasteiger partial charge in [0.1, 0.15) is 5.52 Å². The molecule has 0 bridgehead atoms. The van der Waals surface area contributed by atoms with E-state index in [0.717, 1.165) is 59.6 Å². The van der Waals surface area contributed by atoms with E-state index in [9.17, 15) is 0 Å². The van der Waals surface area contributed by atoms with Gasteiger partial charge in [0, 0.05) is 32.2 Å². The highest BCUT2D eigenvalue weighted by atomic mass is 32.1. The van der Waals surface area contributed by atoms with Gasteiger partial charge in [-0.15, -0.1) is 0 Å². The van der Waals surface area contributed by atoms with Crippen molar-refractivity contribution in [3.63, 3.8) is 0 Å². The number of aromatic nitrogens is 3. The Morgan fingerprint density at radius 2 is 1.23 bits per heavy atom. The Kier molecular flexibility index (Phi) is 5.24. The maximum absolute atomic E-state index is 15.1. The standard InChI is InChI=1S/C34H22N3OPS/c38-39(24-13-3-1-4-14-24,25-15-5-2-6-16-25)26-17-11-12-23(22-26)31-27-18-7-8-19-28(27)32-33(35-31)37-29-20-9-10-21-30(29)40-34(37)36-32/h1-22H. The summed E-state index contributed by atoms with van der Waals surface area (Å²) in [5.74, 6) is 0. The fourth-order valence-electron chi connectivity index (χ4n) is 5.64. The maximum atomic E-state index is 15.1. The average Bonchev–Trinajstić information content (AvgIpc) is 3.58. The third-order valence-electron chi connectivity index (χ3n) is 7.51. The van der Waals surface area contributed by atoms with Crippen LogP contribution in [0.1, 0.15) is 0 Å². The van der Waals surface area contributed by atoms with Crippen molar-refractivity contribution in [2.45, 2.75) is 0 Å². The van der Waals surface area contributed by atoms with Gasteiger partial charge >= 0.3 is 0 Å². The van der Waals surface area contributed by atoms with Crippen LogP contribution in [-0.2, 0) is 4.57 Å². The zero-order chi connectivity index (χ0) is 26.7. The highest BCUT2D eigenvalue weighted by Gasteiger charge is 2.30. The molecular weight excluding hydrogens is 529 g/mol. The van der Waals surface area contributed by atoms with Crippen molar-refractivity contribution >= 4 is 71.5 Å². The lowest BCUT2D eigenvalue weighted by Gasteiger charge is -2.20. The third-order valence-corrected chi connectivity index (χ3v) is 11.6. The summed E-state index contributed by atoms with van der Waals surface area (Å²) < 4.78 is 18.4. The normalized spacial score (nSPS) is 12.1. The van der Waals surface area contributed by atoms with E-state index in [1.165, 1.54) is 4.70 Å². The van der Waals surface area contributed by atoms with Crippen LogP contribution in [0.5, 0.6) is 0 Å². The van der Waals surface area contributed by atoms with Crippen molar-refractivity contribution < 1.29 is 4.57 Å². The van der Waals surface area contributed by atoms with Gasteiger partial charge in [0.15, 0.2) is 17.7 Å². The van der Waals surface area contributed by atoms with Crippen molar-refractivity contribution in [3.05, 3.63) is 133 Å². The third kappa shape index (κ3) is 3.42. The largest absolute Gasteiger partial charge is 0.309 e. The van der Waals surface area contributed by atoms with Gasteiger partial charge in [0.25, 0.3) is 0 Å². The first-order chi connectivity index (χ1) is 19.7. The number of thiazole rings is 1. The molecule has 8 rings (SSSR count). The number of para-hydroxylation sites is 1. The van der Waals surface area contributed by atoms with Crippen LogP contribution < -0.4 is 15.9 Å². The molecule has 0 amide bonds. The summed E-state index contributed by atoms with van der Waals surface area (Å²) in [6.45, 7) is 0. The Labute approximate surface area is 234 Å². The number of pyridine rings is 1. The zero-order valence-electron chi connectivity index (χ0n) is 21.3. The molecule has 0 spiro atoms. The van der Waals surface area contributed by atoms with E-state index in [1.807, 2.05) is 84.9 Å². The molecule has 0 fully saturated rings. The smallest absolute Gasteiger partial charge is 0.197 e. The molecular formula is C34H22N3OPS. The Morgan fingerprint density at radius 1 is 0.600 bits per heavy atom. The summed E-state index contributed by atoms with van der Waals surface area (Å²) in [5, 5.41) is 4.49. The van der Waals surface area contributed by atoms with Crippen molar-refractivity contribution in [2.24, 2.45) is 0 Å². The molecule has 3 heterocycles. The SMILES string of the molecule is O=P(c1ccccc1)(c1ccccc1)c1cccc(-c2nc3c(nc4sc5ccccc5n43)c3ccccc23)c1. The number of hydrogen-bond acceptors (Lipinski definition) is 4. The number of benzene rings is 5. The minimum Gasteiger partial charge on any atom is -0.309 e. The van der Waals surface area contributed by atoms with Gasteiger partial charge in [0.05, 0.1) is 15.9 Å². The molecule has 0 saturated carbocycles. The van der Waals surface area contributed by atoms with Crippen LogP contribution in [0.4, 0.5) is 0 Å². The molecule has 8 aromatic rings. The first kappa shape index (κ1) is 23.3. The second kappa shape index (κ2) is 8.99. The molecule has 0 N–H and O–H groups in total. The van der Waals surface area contributed by atoms with Gasteiger partial charge in [0.2, 0.25) is 0 Å². The van der Waals surface area contributed by atoms with E-state index >= 15 is 4.57 Å². The highest BCUT2D eigenvalue weighted by Crippen LogP contribution is 2.43. The predicted molar refractivity (Wildman–Crippen MR) is 168 cm³/mol. The van der Waals surface area contributed by atoms with Crippen molar-refractivity contribution in [2.75, 3.05) is 0 Å². The van der Waals surface area contributed by atoms with Crippen LogP contribution in [0.2, 0.25) is 0 Å². The molecule has 0 atom stereocenters. The summed E-state index contributed by atoms with van der Waals surface area (Å²) in [5.41, 5.74) is 4.62. The number of fused-ring (bicyclic) bond motifs is 7. The molecule has 0 aliphatic rings. The van der Waals surface area contributed by atoms with Crippen LogP contribution in [0, 0.1) is 0 Å². The molecule has 4 nitrogen and oxygen atoms in total. The van der Waals surface area contributed by atoms with E-state index < -0.39 is 7.14 Å². The molecule has 0 radical (unpaired) electrons. The number of nitrogens with zero attached hydrogens (tertiary/aromatic N) is 3. The van der Waals surface area contributed by atoms with E-state index in [-0.39, 0.29) is 0 Å². The van der Waals surface area contributed by atoms with Crippen LogP contribution in [0.15, 0.2) is 133 Å². The fourth-order valence-corrected chi connectivity index (χ4v) is 9.36. The lowest BCUT2D eigenvalue weighted by atomic mass is 10.0. The Balaban J connectivity index is 1.42. The lowest BCUT2D eigenvalue weighted by molar-refractivity contribution is 0.592. The van der Waals surface area contributed by atoms with Gasteiger partial charge < -0.3 is 4.57 Å². The Bertz CT molecular complexity index is 2210. The monoisotopic (exact) mass is 551 g/mol. The summed E-state index contributed by atoms with van der Waals surface area (Å²) in [6.07, 6.45) is 0. The number of rotatable bonds is 4. The number of hydrogen-bond donors (Lipinski definition) is 0. The Hall–Kier alpha value is -4.57. The van der Waals surface area contributed by atoms with Gasteiger partial charge in [-0.05, 0) is 18.2 Å². The predicted octanol–water partition coefficient (Wildman–Crippen LogP) is 7.56. The van der Waals surface area contributed by atoms with Crippen LogP contribution in [0.25, 0.3) is 48.4 Å². The molecule has 5 aromatic carbocycles. The van der Waals surface area contributed by atoms with Gasteiger partial charge in [-0.3, -0.25) is 4.40 Å². The first-order valence-corrected chi connectivity index (χ1v) is 15.6. The van der Waals surface area contributed by atoms with Crippen LogP contribution >= 0.6 is 18.5 Å². The van der Waals surface area contributed by atoms with Gasteiger partial charge in [-0.25, -0.2) is 9.97 Å². The summed E-state index contributed by atoms with van der Waals surface area (Å²) >= 11 is 1.67. The quantitative estimate of drug-likeness (QED) is 0.212. The zero-order valence-corrected chi connectivity index (χ0v) is 23.0. The summed E-state index contributed by atoms with van der Waals surface area (Å²) in [7, 11) is -3.13. The molecule has 0 saturated heterocycles. The van der Waals surface area contributed by atoms with E-state index in [4.69, 9.17) is 9.97 Å². The fraction of sp³-hybridized carbons (Fsp3) is 0. The minimum absolute atomic E-state index is 0.785. The molecule has 6 heteroatoms.